The van der Waals surface area contributed by atoms with Crippen molar-refractivity contribution in [1.29, 1.82) is 0 Å². The Kier molecular flexibility index (Phi) is 2.45. The third-order valence-corrected chi connectivity index (χ3v) is 1.16. The molecule has 0 aromatic heterocycles. The third-order valence-electron chi connectivity index (χ3n) is 1.16. The molecule has 0 N–H and O–H groups in total. The molecule has 0 radical (unpaired) electrons. The van der Waals surface area contributed by atoms with Crippen LogP contribution in [-0.2, 0) is 14.3 Å². The van der Waals surface area contributed by atoms with Crippen molar-refractivity contribution in [2.45, 2.75) is 13.0 Å². The number of carbonyl (C=O) groups is 1. The minimum Gasteiger partial charge on any atom is -0.456 e. The van der Waals surface area contributed by atoms with Gasteiger partial charge in [0.05, 0.1) is 13.2 Å². The minimum absolute atomic E-state index is 0.175. The highest BCUT2D eigenvalue weighted by atomic mass is 16.6. The second-order valence-electron chi connectivity index (χ2n) is 2.11. The molecule has 0 amide bonds. The molecule has 10 heavy (non-hydrogen) atoms. The zero-order chi connectivity index (χ0) is 7.40. The average molecular weight is 142 g/mol. The first-order chi connectivity index (χ1) is 4.79. The fraction of sp³-hybridized carbons (Fsp3) is 0.571. The zero-order valence-electron chi connectivity index (χ0n) is 5.87. The fourth-order valence-corrected chi connectivity index (χ4v) is 0.802. The molecule has 1 rings (SSSR count). The molecule has 0 saturated carbocycles. The second-order valence-corrected chi connectivity index (χ2v) is 2.11. The van der Waals surface area contributed by atoms with E-state index >= 15 is 0 Å². The predicted molar refractivity (Wildman–Crippen MR) is 35.5 cm³/mol. The molecule has 0 spiro atoms. The van der Waals surface area contributed by atoms with Gasteiger partial charge in [-0.1, -0.05) is 6.08 Å². The summed E-state index contributed by atoms with van der Waals surface area (Å²) in [7, 11) is 0. The number of rotatable bonds is 1. The monoisotopic (exact) mass is 142 g/mol. The van der Waals surface area contributed by atoms with Gasteiger partial charge in [0.2, 0.25) is 0 Å². The van der Waals surface area contributed by atoms with Crippen LogP contribution >= 0.6 is 0 Å². The molecule has 0 unspecified atom stereocenters. The molecule has 0 aromatic carbocycles. The number of ether oxygens (including phenoxy) is 2. The van der Waals surface area contributed by atoms with E-state index in [9.17, 15) is 4.79 Å². The minimum atomic E-state index is -0.264. The van der Waals surface area contributed by atoms with Crippen LogP contribution in [-0.4, -0.2) is 25.3 Å². The van der Waals surface area contributed by atoms with Crippen molar-refractivity contribution in [3.63, 3.8) is 0 Å². The highest BCUT2D eigenvalue weighted by molar-refractivity contribution is 5.66. The van der Waals surface area contributed by atoms with Crippen LogP contribution in [0.3, 0.4) is 0 Å². The highest BCUT2D eigenvalue weighted by Crippen LogP contribution is 2.01. The Hall–Kier alpha value is -0.830. The van der Waals surface area contributed by atoms with Crippen LogP contribution in [0, 0.1) is 0 Å². The van der Waals surface area contributed by atoms with E-state index in [1.165, 1.54) is 6.92 Å². The molecule has 0 saturated heterocycles. The molecule has 0 bridgehead atoms. The summed E-state index contributed by atoms with van der Waals surface area (Å²) in [6.45, 7) is 2.50. The van der Waals surface area contributed by atoms with Gasteiger partial charge in [0.15, 0.2) is 0 Å². The number of esters is 1. The molecular weight excluding hydrogens is 132 g/mol. The van der Waals surface area contributed by atoms with Gasteiger partial charge in [-0.15, -0.1) is 0 Å². The van der Waals surface area contributed by atoms with Gasteiger partial charge in [0.1, 0.15) is 6.10 Å². The van der Waals surface area contributed by atoms with Crippen LogP contribution in [0.4, 0.5) is 0 Å². The Morgan fingerprint density at radius 3 is 3.10 bits per heavy atom. The van der Waals surface area contributed by atoms with Gasteiger partial charge < -0.3 is 9.47 Å². The van der Waals surface area contributed by atoms with E-state index < -0.39 is 0 Å². The maximum Gasteiger partial charge on any atom is 0.303 e. The summed E-state index contributed by atoms with van der Waals surface area (Å²) in [6.07, 6.45) is 3.51. The lowest BCUT2D eigenvalue weighted by atomic mass is 10.3. The lowest BCUT2D eigenvalue weighted by Crippen LogP contribution is -2.23. The number of carbonyl (C=O) groups excluding carboxylic acids is 1. The van der Waals surface area contributed by atoms with E-state index in [1.807, 2.05) is 12.2 Å². The quantitative estimate of drug-likeness (QED) is 0.395. The molecule has 0 aromatic rings. The summed E-state index contributed by atoms with van der Waals surface area (Å²) in [5.74, 6) is -0.264. The normalized spacial score (nSPS) is 24.3. The highest BCUT2D eigenvalue weighted by Gasteiger charge is 2.10. The van der Waals surface area contributed by atoms with Crippen LogP contribution in [0.15, 0.2) is 12.2 Å². The van der Waals surface area contributed by atoms with Gasteiger partial charge in [-0.25, -0.2) is 0 Å². The Labute approximate surface area is 59.6 Å². The number of hydrogen-bond donors (Lipinski definition) is 0. The average Bonchev–Trinajstić information content (AvgIpc) is 1.88. The van der Waals surface area contributed by atoms with E-state index in [1.54, 1.807) is 0 Å². The molecule has 1 aliphatic rings. The maximum absolute atomic E-state index is 10.4. The van der Waals surface area contributed by atoms with Crippen molar-refractivity contribution >= 4 is 5.97 Å². The summed E-state index contributed by atoms with van der Waals surface area (Å²) >= 11 is 0. The molecule has 0 fully saturated rings. The van der Waals surface area contributed by atoms with Gasteiger partial charge in [-0.2, -0.15) is 0 Å². The summed E-state index contributed by atoms with van der Waals surface area (Å²) in [5.41, 5.74) is 0. The van der Waals surface area contributed by atoms with Crippen molar-refractivity contribution < 1.29 is 14.3 Å². The Morgan fingerprint density at radius 1 is 1.80 bits per heavy atom. The summed E-state index contributed by atoms with van der Waals surface area (Å²) < 4.78 is 9.86. The first-order valence-corrected chi connectivity index (χ1v) is 3.20. The molecule has 1 atom stereocenters. The van der Waals surface area contributed by atoms with E-state index in [4.69, 9.17) is 9.47 Å². The van der Waals surface area contributed by atoms with Crippen molar-refractivity contribution in [2.75, 3.05) is 13.2 Å². The van der Waals surface area contributed by atoms with Crippen LogP contribution in [0.1, 0.15) is 6.92 Å². The van der Waals surface area contributed by atoms with Crippen molar-refractivity contribution in [3.8, 4) is 0 Å². The van der Waals surface area contributed by atoms with Crippen molar-refractivity contribution in [3.05, 3.63) is 12.2 Å². The molecule has 56 valence electrons. The van der Waals surface area contributed by atoms with E-state index in [-0.39, 0.29) is 12.1 Å². The molecular formula is C7H10O3. The second kappa shape index (κ2) is 3.37. The maximum atomic E-state index is 10.4. The van der Waals surface area contributed by atoms with Crippen LogP contribution in [0.25, 0.3) is 0 Å². The molecule has 3 nitrogen and oxygen atoms in total. The van der Waals surface area contributed by atoms with E-state index in [2.05, 4.69) is 0 Å². The molecule has 3 heteroatoms. The third kappa shape index (κ3) is 2.19. The van der Waals surface area contributed by atoms with Crippen LogP contribution in [0.5, 0.6) is 0 Å². The van der Waals surface area contributed by atoms with E-state index in [0.29, 0.717) is 13.2 Å². The van der Waals surface area contributed by atoms with Crippen molar-refractivity contribution in [2.24, 2.45) is 0 Å². The van der Waals surface area contributed by atoms with Gasteiger partial charge in [0, 0.05) is 6.92 Å². The summed E-state index contributed by atoms with van der Waals surface area (Å²) in [4.78, 5) is 10.4. The standard InChI is InChI=1S/C7H10O3/c1-6(8)10-7-3-2-4-9-5-7/h2-3,7H,4-5H2,1H3/t7-/m0/s1. The Morgan fingerprint density at radius 2 is 2.60 bits per heavy atom. The van der Waals surface area contributed by atoms with Gasteiger partial charge in [-0.3, -0.25) is 4.79 Å². The van der Waals surface area contributed by atoms with Gasteiger partial charge in [-0.05, 0) is 6.08 Å². The molecule has 1 aliphatic heterocycles. The predicted octanol–water partition coefficient (Wildman–Crippen LogP) is 0.504. The smallest absolute Gasteiger partial charge is 0.303 e. The Bertz CT molecular complexity index is 151. The van der Waals surface area contributed by atoms with Crippen LogP contribution in [0.2, 0.25) is 0 Å². The lowest BCUT2D eigenvalue weighted by Gasteiger charge is -2.15. The largest absolute Gasteiger partial charge is 0.456 e. The van der Waals surface area contributed by atoms with Gasteiger partial charge >= 0.3 is 5.97 Å². The summed E-state index contributed by atoms with van der Waals surface area (Å²) in [5, 5.41) is 0. The molecule has 1 heterocycles. The lowest BCUT2D eigenvalue weighted by molar-refractivity contribution is -0.146. The fourth-order valence-electron chi connectivity index (χ4n) is 0.802. The first kappa shape index (κ1) is 7.28. The zero-order valence-corrected chi connectivity index (χ0v) is 5.87. The SMILES string of the molecule is CC(=O)O[C@H]1C=CCOC1. The Balaban J connectivity index is 2.33. The van der Waals surface area contributed by atoms with E-state index in [0.717, 1.165) is 0 Å². The van der Waals surface area contributed by atoms with Crippen LogP contribution < -0.4 is 0 Å². The molecule has 0 aliphatic carbocycles. The van der Waals surface area contributed by atoms with Gasteiger partial charge in [0.25, 0.3) is 0 Å². The topological polar surface area (TPSA) is 35.5 Å². The number of hydrogen-bond acceptors (Lipinski definition) is 3. The first-order valence-electron chi connectivity index (χ1n) is 3.20. The van der Waals surface area contributed by atoms with Crippen molar-refractivity contribution in [1.82, 2.24) is 0 Å². The summed E-state index contributed by atoms with van der Waals surface area (Å²) in [6, 6.07) is 0.